The summed E-state index contributed by atoms with van der Waals surface area (Å²) in [5.74, 6) is 1.73. The minimum Gasteiger partial charge on any atom is -0.349 e. The third-order valence-electron chi connectivity index (χ3n) is 4.37. The minimum atomic E-state index is -4.40. The first-order chi connectivity index (χ1) is 11.9. The first kappa shape index (κ1) is 17.5. The predicted octanol–water partition coefficient (Wildman–Crippen LogP) is 2.56. The molecule has 0 aliphatic carbocycles. The van der Waals surface area contributed by atoms with Gasteiger partial charge >= 0.3 is 6.18 Å². The van der Waals surface area contributed by atoms with Crippen molar-refractivity contribution in [3.05, 3.63) is 29.7 Å². The van der Waals surface area contributed by atoms with Crippen molar-refractivity contribution in [3.63, 3.8) is 0 Å². The van der Waals surface area contributed by atoms with Crippen LogP contribution in [0.3, 0.4) is 0 Å². The number of hydrogen-bond donors (Lipinski definition) is 1. The van der Waals surface area contributed by atoms with Crippen LogP contribution >= 0.6 is 0 Å². The standard InChI is InChI=1S/C16H21F3N6/c1-11-4-3-7-24(9-11)15(20-2)21-8-14-23-22-13-6-5-12(10-25(13)14)16(17,18)19/h5-6,10-11H,3-4,7-9H2,1-2H3,(H,20,21). The molecule has 136 valence electrons. The van der Waals surface area contributed by atoms with Gasteiger partial charge in [-0.3, -0.25) is 9.39 Å². The van der Waals surface area contributed by atoms with Crippen LogP contribution in [0.15, 0.2) is 23.3 Å². The van der Waals surface area contributed by atoms with Crippen molar-refractivity contribution >= 4 is 11.6 Å². The minimum absolute atomic E-state index is 0.250. The van der Waals surface area contributed by atoms with E-state index in [4.69, 9.17) is 0 Å². The van der Waals surface area contributed by atoms with E-state index in [-0.39, 0.29) is 6.54 Å². The number of fused-ring (bicyclic) bond motifs is 1. The Hall–Kier alpha value is -2.32. The highest BCUT2D eigenvalue weighted by Gasteiger charge is 2.31. The van der Waals surface area contributed by atoms with Crippen molar-refractivity contribution in [2.75, 3.05) is 20.1 Å². The number of aliphatic imine (C=N–C) groups is 1. The lowest BCUT2D eigenvalue weighted by Crippen LogP contribution is -2.46. The van der Waals surface area contributed by atoms with Crippen LogP contribution < -0.4 is 5.32 Å². The first-order valence-corrected chi connectivity index (χ1v) is 8.25. The fraction of sp³-hybridized carbons (Fsp3) is 0.562. The zero-order valence-corrected chi connectivity index (χ0v) is 14.2. The lowest BCUT2D eigenvalue weighted by Gasteiger charge is -2.33. The SMILES string of the molecule is CN=C(NCc1nnc2ccc(C(F)(F)F)cn12)N1CCCC(C)C1. The number of likely N-dealkylation sites (tertiary alicyclic amines) is 1. The number of nitrogens with one attached hydrogen (secondary N) is 1. The van der Waals surface area contributed by atoms with Crippen molar-refractivity contribution in [2.45, 2.75) is 32.5 Å². The fourth-order valence-corrected chi connectivity index (χ4v) is 3.10. The summed E-state index contributed by atoms with van der Waals surface area (Å²) >= 11 is 0. The van der Waals surface area contributed by atoms with Gasteiger partial charge in [-0.05, 0) is 30.9 Å². The Bertz CT molecular complexity index is 767. The molecule has 0 spiro atoms. The highest BCUT2D eigenvalue weighted by Crippen LogP contribution is 2.29. The van der Waals surface area contributed by atoms with Gasteiger partial charge in [0.15, 0.2) is 17.4 Å². The van der Waals surface area contributed by atoms with E-state index >= 15 is 0 Å². The third kappa shape index (κ3) is 3.85. The molecule has 1 unspecified atom stereocenters. The van der Waals surface area contributed by atoms with Crippen LogP contribution in [-0.4, -0.2) is 45.6 Å². The van der Waals surface area contributed by atoms with E-state index in [0.717, 1.165) is 37.7 Å². The van der Waals surface area contributed by atoms with E-state index in [1.807, 2.05) is 0 Å². The molecule has 1 aliphatic rings. The fourth-order valence-electron chi connectivity index (χ4n) is 3.10. The molecule has 1 saturated heterocycles. The molecule has 1 atom stereocenters. The lowest BCUT2D eigenvalue weighted by molar-refractivity contribution is -0.137. The quantitative estimate of drug-likeness (QED) is 0.665. The molecule has 3 heterocycles. The Kier molecular flexibility index (Phi) is 4.82. The molecule has 2 aromatic rings. The second kappa shape index (κ2) is 6.89. The lowest BCUT2D eigenvalue weighted by atomic mass is 10.0. The molecule has 2 aromatic heterocycles. The summed E-state index contributed by atoms with van der Waals surface area (Å²) < 4.78 is 40.1. The van der Waals surface area contributed by atoms with E-state index < -0.39 is 11.7 Å². The molecule has 0 aromatic carbocycles. The van der Waals surface area contributed by atoms with E-state index in [1.165, 1.54) is 16.9 Å². The smallest absolute Gasteiger partial charge is 0.349 e. The van der Waals surface area contributed by atoms with Crippen LogP contribution in [0, 0.1) is 5.92 Å². The van der Waals surface area contributed by atoms with E-state index in [9.17, 15) is 13.2 Å². The van der Waals surface area contributed by atoms with Gasteiger partial charge in [-0.15, -0.1) is 10.2 Å². The average Bonchev–Trinajstić information content (AvgIpc) is 2.97. The Morgan fingerprint density at radius 2 is 2.16 bits per heavy atom. The van der Waals surface area contributed by atoms with Gasteiger partial charge in [-0.2, -0.15) is 13.2 Å². The topological polar surface area (TPSA) is 57.8 Å². The molecule has 1 fully saturated rings. The number of aromatic nitrogens is 3. The summed E-state index contributed by atoms with van der Waals surface area (Å²) in [4.78, 5) is 6.44. The largest absolute Gasteiger partial charge is 0.417 e. The van der Waals surface area contributed by atoms with Crippen LogP contribution in [0.5, 0.6) is 0 Å². The van der Waals surface area contributed by atoms with E-state index in [1.54, 1.807) is 7.05 Å². The van der Waals surface area contributed by atoms with Crippen molar-refractivity contribution in [3.8, 4) is 0 Å². The van der Waals surface area contributed by atoms with Gasteiger partial charge in [0.2, 0.25) is 0 Å². The molecule has 3 rings (SSSR count). The Morgan fingerprint density at radius 1 is 1.36 bits per heavy atom. The van der Waals surface area contributed by atoms with Gasteiger partial charge < -0.3 is 10.2 Å². The molecule has 6 nitrogen and oxygen atoms in total. The number of halogens is 3. The Labute approximate surface area is 143 Å². The highest BCUT2D eigenvalue weighted by atomic mass is 19.4. The van der Waals surface area contributed by atoms with Gasteiger partial charge in [-0.25, -0.2) is 0 Å². The number of pyridine rings is 1. The molecule has 0 bridgehead atoms. The van der Waals surface area contributed by atoms with Gasteiger partial charge in [0, 0.05) is 26.3 Å². The second-order valence-corrected chi connectivity index (χ2v) is 6.35. The summed E-state index contributed by atoms with van der Waals surface area (Å²) in [7, 11) is 1.70. The molecule has 0 saturated carbocycles. The maximum absolute atomic E-state index is 12.9. The van der Waals surface area contributed by atoms with Gasteiger partial charge in [-0.1, -0.05) is 6.92 Å². The van der Waals surface area contributed by atoms with Gasteiger partial charge in [0.25, 0.3) is 0 Å². The number of nitrogens with zero attached hydrogens (tertiary/aromatic N) is 5. The summed E-state index contributed by atoms with van der Waals surface area (Å²) in [6.07, 6.45) is -1.07. The third-order valence-corrected chi connectivity index (χ3v) is 4.37. The predicted molar refractivity (Wildman–Crippen MR) is 88.2 cm³/mol. The number of alkyl halides is 3. The summed E-state index contributed by atoms with van der Waals surface area (Å²) in [5, 5.41) is 11.1. The second-order valence-electron chi connectivity index (χ2n) is 6.35. The zero-order valence-electron chi connectivity index (χ0n) is 14.2. The van der Waals surface area contributed by atoms with Crippen LogP contribution in [-0.2, 0) is 12.7 Å². The summed E-state index contributed by atoms with van der Waals surface area (Å²) in [5.41, 5.74) is -0.346. The average molecular weight is 354 g/mol. The molecule has 0 amide bonds. The summed E-state index contributed by atoms with van der Waals surface area (Å²) in [6, 6.07) is 2.33. The molecule has 1 aliphatic heterocycles. The monoisotopic (exact) mass is 354 g/mol. The molecular formula is C16H21F3N6. The maximum Gasteiger partial charge on any atom is 0.417 e. The Balaban J connectivity index is 1.76. The highest BCUT2D eigenvalue weighted by molar-refractivity contribution is 5.79. The van der Waals surface area contributed by atoms with Gasteiger partial charge in [0.1, 0.15) is 0 Å². The number of hydrogen-bond acceptors (Lipinski definition) is 3. The number of piperidine rings is 1. The molecule has 0 radical (unpaired) electrons. The van der Waals surface area contributed by atoms with Crippen molar-refractivity contribution in [1.29, 1.82) is 0 Å². The summed E-state index contributed by atoms with van der Waals surface area (Å²) in [6.45, 7) is 4.28. The van der Waals surface area contributed by atoms with Crippen molar-refractivity contribution < 1.29 is 13.2 Å². The molecule has 9 heteroatoms. The molecule has 1 N–H and O–H groups in total. The van der Waals surface area contributed by atoms with Crippen LogP contribution in [0.2, 0.25) is 0 Å². The van der Waals surface area contributed by atoms with Gasteiger partial charge in [0.05, 0.1) is 12.1 Å². The van der Waals surface area contributed by atoms with Crippen molar-refractivity contribution in [1.82, 2.24) is 24.8 Å². The number of guanidine groups is 1. The maximum atomic E-state index is 12.9. The zero-order chi connectivity index (χ0) is 18.0. The number of rotatable bonds is 2. The van der Waals surface area contributed by atoms with E-state index in [2.05, 4.69) is 32.3 Å². The molecule has 25 heavy (non-hydrogen) atoms. The molecular weight excluding hydrogens is 333 g/mol. The van der Waals surface area contributed by atoms with E-state index in [0.29, 0.717) is 17.4 Å². The normalized spacial score (nSPS) is 19.5. The Morgan fingerprint density at radius 3 is 2.84 bits per heavy atom. The van der Waals surface area contributed by atoms with Crippen LogP contribution in [0.25, 0.3) is 5.65 Å². The van der Waals surface area contributed by atoms with Crippen LogP contribution in [0.1, 0.15) is 31.2 Å². The van der Waals surface area contributed by atoms with Crippen molar-refractivity contribution in [2.24, 2.45) is 10.9 Å². The van der Waals surface area contributed by atoms with Crippen LogP contribution in [0.4, 0.5) is 13.2 Å². The first-order valence-electron chi connectivity index (χ1n) is 8.25.